The number of benzene rings is 1. The molecule has 1 aromatic carbocycles. The number of nitrogens with one attached hydrogen (secondary N) is 1. The maximum atomic E-state index is 13.3. The Morgan fingerprint density at radius 2 is 1.97 bits per heavy atom. The van der Waals surface area contributed by atoms with Gasteiger partial charge in [-0.2, -0.15) is 0 Å². The number of fused-ring (bicyclic) bond motifs is 1. The summed E-state index contributed by atoms with van der Waals surface area (Å²) >= 11 is 0. The average Bonchev–Trinajstić information content (AvgIpc) is 2.83. The molecule has 0 saturated heterocycles. The number of methoxy groups -OCH3 is 1. The molecular weight excluding hydrogens is 404 g/mol. The summed E-state index contributed by atoms with van der Waals surface area (Å²) in [6.07, 6.45) is 10.0. The van der Waals surface area contributed by atoms with Gasteiger partial charge in [-0.1, -0.05) is 38.2 Å². The number of aliphatic hydroxyl groups is 2. The van der Waals surface area contributed by atoms with E-state index in [4.69, 9.17) is 4.74 Å². The smallest absolute Gasteiger partial charge is 0.237 e. The largest absolute Gasteiger partial charge is 0.497 e. The molecule has 3 N–H and O–H groups in total. The molecule has 0 aromatic heterocycles. The third-order valence-corrected chi connectivity index (χ3v) is 8.01. The van der Waals surface area contributed by atoms with Crippen LogP contribution in [0.2, 0.25) is 0 Å². The van der Waals surface area contributed by atoms with Crippen molar-refractivity contribution in [3.05, 3.63) is 29.3 Å². The second-order valence-electron chi connectivity index (χ2n) is 10.0. The Hall–Kier alpha value is -1.63. The Labute approximate surface area is 192 Å². The molecule has 2 saturated carbocycles. The summed E-state index contributed by atoms with van der Waals surface area (Å²) in [7, 11) is 1.70. The van der Waals surface area contributed by atoms with Gasteiger partial charge in [0, 0.05) is 6.54 Å². The number of aliphatic hydroxyl groups excluding tert-OH is 1. The van der Waals surface area contributed by atoms with E-state index in [2.05, 4.69) is 22.3 Å². The zero-order chi connectivity index (χ0) is 22.6. The summed E-state index contributed by atoms with van der Waals surface area (Å²) in [5, 5.41) is 24.2. The van der Waals surface area contributed by atoms with Gasteiger partial charge in [0.15, 0.2) is 0 Å². The van der Waals surface area contributed by atoms with E-state index in [1.54, 1.807) is 7.11 Å². The molecular formula is C26H40N2O4. The first-order chi connectivity index (χ1) is 15.5. The first-order valence-electron chi connectivity index (χ1n) is 12.6. The fourth-order valence-corrected chi connectivity index (χ4v) is 6.09. The highest BCUT2D eigenvalue weighted by Crippen LogP contribution is 2.43. The third-order valence-electron chi connectivity index (χ3n) is 8.01. The van der Waals surface area contributed by atoms with Crippen LogP contribution in [0.25, 0.3) is 0 Å². The highest BCUT2D eigenvalue weighted by Gasteiger charge is 2.38. The van der Waals surface area contributed by atoms with Crippen LogP contribution in [0.3, 0.4) is 0 Å². The zero-order valence-electron chi connectivity index (χ0n) is 19.5. The molecule has 1 aliphatic heterocycles. The van der Waals surface area contributed by atoms with Gasteiger partial charge in [-0.25, -0.2) is 0 Å². The van der Waals surface area contributed by atoms with Gasteiger partial charge in [-0.15, -0.1) is 0 Å². The van der Waals surface area contributed by atoms with Crippen molar-refractivity contribution in [2.75, 3.05) is 26.7 Å². The van der Waals surface area contributed by atoms with Crippen LogP contribution in [0.15, 0.2) is 18.2 Å². The molecule has 2 fully saturated rings. The van der Waals surface area contributed by atoms with Gasteiger partial charge in [0.2, 0.25) is 5.91 Å². The molecule has 178 valence electrons. The van der Waals surface area contributed by atoms with Crippen molar-refractivity contribution in [3.8, 4) is 5.75 Å². The van der Waals surface area contributed by atoms with Gasteiger partial charge in [0.25, 0.3) is 0 Å². The summed E-state index contributed by atoms with van der Waals surface area (Å²) in [5.41, 5.74) is 1.59. The third kappa shape index (κ3) is 5.13. The average molecular weight is 445 g/mol. The van der Waals surface area contributed by atoms with E-state index in [-0.39, 0.29) is 18.5 Å². The monoisotopic (exact) mass is 444 g/mol. The lowest BCUT2D eigenvalue weighted by atomic mass is 9.77. The fourth-order valence-electron chi connectivity index (χ4n) is 6.09. The molecule has 1 amide bonds. The van der Waals surface area contributed by atoms with E-state index < -0.39 is 11.7 Å². The SMILES string of the molecule is COc1ccc2c(c1)C(C1CCCCC1)N(C(=O)CNCC[C@]1(O)CCCC[C@H]1O)CC2. The summed E-state index contributed by atoms with van der Waals surface area (Å²) in [4.78, 5) is 15.4. The zero-order valence-corrected chi connectivity index (χ0v) is 19.5. The molecule has 32 heavy (non-hydrogen) atoms. The molecule has 0 bridgehead atoms. The predicted octanol–water partition coefficient (Wildman–Crippen LogP) is 3.35. The molecule has 3 atom stereocenters. The molecule has 2 aliphatic carbocycles. The van der Waals surface area contributed by atoms with Gasteiger partial charge in [-0.3, -0.25) is 4.79 Å². The molecule has 1 unspecified atom stereocenters. The van der Waals surface area contributed by atoms with Crippen LogP contribution in [0, 0.1) is 5.92 Å². The minimum absolute atomic E-state index is 0.118. The number of hydrogen-bond donors (Lipinski definition) is 3. The van der Waals surface area contributed by atoms with Gasteiger partial charge in [0.1, 0.15) is 5.75 Å². The molecule has 6 heteroatoms. The first-order valence-corrected chi connectivity index (χ1v) is 12.6. The van der Waals surface area contributed by atoms with Crippen molar-refractivity contribution in [1.82, 2.24) is 10.2 Å². The van der Waals surface area contributed by atoms with Crippen molar-refractivity contribution in [3.63, 3.8) is 0 Å². The first kappa shape index (κ1) is 23.5. The molecule has 0 radical (unpaired) electrons. The summed E-state index contributed by atoms with van der Waals surface area (Å²) in [6, 6.07) is 6.45. The number of rotatable bonds is 7. The van der Waals surface area contributed by atoms with Crippen LogP contribution in [-0.2, 0) is 11.2 Å². The van der Waals surface area contributed by atoms with Crippen LogP contribution in [-0.4, -0.2) is 59.5 Å². The van der Waals surface area contributed by atoms with Crippen molar-refractivity contribution in [2.24, 2.45) is 5.92 Å². The standard InChI is InChI=1S/C26H40N2O4/c1-32-21-11-10-19-12-16-28(25(22(19)17-21)20-7-3-2-4-8-20)24(30)18-27-15-14-26(31)13-6-5-9-23(26)29/h10-11,17,20,23,25,27,29,31H,2-9,12-16,18H2,1H3/t23-,25?,26-/m1/s1. The van der Waals surface area contributed by atoms with Crippen LogP contribution >= 0.6 is 0 Å². The second-order valence-corrected chi connectivity index (χ2v) is 10.0. The van der Waals surface area contributed by atoms with Crippen molar-refractivity contribution in [1.29, 1.82) is 0 Å². The number of carbonyl (C=O) groups is 1. The van der Waals surface area contributed by atoms with Crippen LogP contribution in [0.4, 0.5) is 0 Å². The highest BCUT2D eigenvalue weighted by atomic mass is 16.5. The maximum absolute atomic E-state index is 13.3. The summed E-state index contributed by atoms with van der Waals surface area (Å²) in [5.74, 6) is 1.48. The Balaban J connectivity index is 1.41. The number of ether oxygens (including phenoxy) is 1. The Morgan fingerprint density at radius 1 is 1.19 bits per heavy atom. The summed E-state index contributed by atoms with van der Waals surface area (Å²) in [6.45, 7) is 1.56. The van der Waals surface area contributed by atoms with Gasteiger partial charge in [-0.05, 0) is 74.2 Å². The van der Waals surface area contributed by atoms with E-state index in [1.165, 1.54) is 43.2 Å². The van der Waals surface area contributed by atoms with Gasteiger partial charge in [0.05, 0.1) is 31.4 Å². The quantitative estimate of drug-likeness (QED) is 0.562. The number of carbonyl (C=O) groups excluding carboxylic acids is 1. The molecule has 3 aliphatic rings. The Kier molecular flexibility index (Phi) is 7.74. The molecule has 1 aromatic rings. The van der Waals surface area contributed by atoms with E-state index in [0.29, 0.717) is 31.7 Å². The van der Waals surface area contributed by atoms with Crippen LogP contribution in [0.5, 0.6) is 5.75 Å². The molecule has 1 heterocycles. The normalized spacial score (nSPS) is 28.9. The van der Waals surface area contributed by atoms with Crippen molar-refractivity contribution >= 4 is 5.91 Å². The van der Waals surface area contributed by atoms with E-state index in [1.807, 2.05) is 6.07 Å². The van der Waals surface area contributed by atoms with Gasteiger partial charge >= 0.3 is 0 Å². The van der Waals surface area contributed by atoms with Gasteiger partial charge < -0.3 is 25.2 Å². The number of amides is 1. The summed E-state index contributed by atoms with van der Waals surface area (Å²) < 4.78 is 5.51. The highest BCUT2D eigenvalue weighted by molar-refractivity contribution is 5.79. The fraction of sp³-hybridized carbons (Fsp3) is 0.731. The minimum atomic E-state index is -1.01. The second kappa shape index (κ2) is 10.5. The van der Waals surface area contributed by atoms with E-state index in [9.17, 15) is 15.0 Å². The number of nitrogens with zero attached hydrogens (tertiary/aromatic N) is 1. The molecule has 0 spiro atoms. The molecule has 4 rings (SSSR count). The van der Waals surface area contributed by atoms with E-state index in [0.717, 1.165) is 31.6 Å². The predicted molar refractivity (Wildman–Crippen MR) is 125 cm³/mol. The number of hydrogen-bond acceptors (Lipinski definition) is 5. The van der Waals surface area contributed by atoms with E-state index >= 15 is 0 Å². The van der Waals surface area contributed by atoms with Crippen molar-refractivity contribution in [2.45, 2.75) is 88.4 Å². The Bertz CT molecular complexity index is 779. The van der Waals surface area contributed by atoms with Crippen molar-refractivity contribution < 1.29 is 19.7 Å². The topological polar surface area (TPSA) is 82.0 Å². The maximum Gasteiger partial charge on any atom is 0.237 e. The Morgan fingerprint density at radius 3 is 2.72 bits per heavy atom. The lowest BCUT2D eigenvalue weighted by Crippen LogP contribution is -2.49. The van der Waals surface area contributed by atoms with Crippen LogP contribution in [0.1, 0.15) is 81.4 Å². The lowest BCUT2D eigenvalue weighted by molar-refractivity contribution is -0.135. The molecule has 6 nitrogen and oxygen atoms in total. The lowest BCUT2D eigenvalue weighted by Gasteiger charge is -2.43. The van der Waals surface area contributed by atoms with Crippen LogP contribution < -0.4 is 10.1 Å². The minimum Gasteiger partial charge on any atom is -0.497 e.